The van der Waals surface area contributed by atoms with E-state index in [1.54, 1.807) is 12.0 Å². The van der Waals surface area contributed by atoms with Crippen LogP contribution in [0.2, 0.25) is 0 Å². The maximum atomic E-state index is 14.0. The van der Waals surface area contributed by atoms with E-state index in [0.717, 1.165) is 16.7 Å². The molecule has 6 nitrogen and oxygen atoms in total. The van der Waals surface area contributed by atoms with Crippen LogP contribution in [0.25, 0.3) is 0 Å². The Morgan fingerprint density at radius 1 is 0.824 bits per heavy atom. The van der Waals surface area contributed by atoms with E-state index in [4.69, 9.17) is 4.74 Å². The Balaban J connectivity index is 1.88. The highest BCUT2D eigenvalue weighted by molar-refractivity contribution is 6.07. The number of carbonyl (C=O) groups excluding carboxylic acids is 1. The van der Waals surface area contributed by atoms with Crippen LogP contribution in [0.4, 0.5) is 11.4 Å². The first-order chi connectivity index (χ1) is 16.5. The van der Waals surface area contributed by atoms with Crippen LogP contribution in [0, 0.1) is 17.0 Å². The molecule has 4 aromatic rings. The molecule has 0 saturated carbocycles. The number of nitro groups is 1. The first-order valence-electron chi connectivity index (χ1n) is 10.8. The fraction of sp³-hybridized carbons (Fsp3) is 0.107. The molecule has 0 bridgehead atoms. The average molecular weight is 453 g/mol. The minimum Gasteiger partial charge on any atom is -0.497 e. The Hall–Kier alpha value is -4.45. The molecule has 0 aliphatic rings. The molecule has 0 radical (unpaired) electrons. The van der Waals surface area contributed by atoms with Crippen molar-refractivity contribution in [2.45, 2.75) is 13.0 Å². The first kappa shape index (κ1) is 22.7. The van der Waals surface area contributed by atoms with Gasteiger partial charge in [-0.25, -0.2) is 0 Å². The Kier molecular flexibility index (Phi) is 6.69. The summed E-state index contributed by atoms with van der Waals surface area (Å²) >= 11 is 0. The van der Waals surface area contributed by atoms with E-state index in [1.165, 1.54) is 24.3 Å². The highest BCUT2D eigenvalue weighted by Gasteiger charge is 2.29. The van der Waals surface area contributed by atoms with Crippen LogP contribution < -0.4 is 9.64 Å². The zero-order chi connectivity index (χ0) is 24.1. The lowest BCUT2D eigenvalue weighted by atomic mass is 9.94. The summed E-state index contributed by atoms with van der Waals surface area (Å²) in [6.45, 7) is 2.02. The summed E-state index contributed by atoms with van der Waals surface area (Å²) in [5.41, 5.74) is 3.98. The number of nitrogens with zero attached hydrogens (tertiary/aromatic N) is 2. The Morgan fingerprint density at radius 2 is 1.41 bits per heavy atom. The number of methoxy groups -OCH3 is 1. The van der Waals surface area contributed by atoms with Crippen molar-refractivity contribution in [3.63, 3.8) is 0 Å². The van der Waals surface area contributed by atoms with Crippen molar-refractivity contribution in [3.8, 4) is 5.75 Å². The zero-order valence-electron chi connectivity index (χ0n) is 18.9. The molecule has 0 heterocycles. The van der Waals surface area contributed by atoms with Crippen molar-refractivity contribution >= 4 is 17.3 Å². The van der Waals surface area contributed by atoms with Gasteiger partial charge in [0.1, 0.15) is 5.75 Å². The van der Waals surface area contributed by atoms with Gasteiger partial charge in [-0.1, -0.05) is 60.2 Å². The number of aryl methyl sites for hydroxylation is 1. The van der Waals surface area contributed by atoms with Crippen molar-refractivity contribution in [2.24, 2.45) is 0 Å². The largest absolute Gasteiger partial charge is 0.497 e. The minimum absolute atomic E-state index is 0.0642. The van der Waals surface area contributed by atoms with Crippen molar-refractivity contribution in [1.29, 1.82) is 0 Å². The van der Waals surface area contributed by atoms with E-state index in [1.807, 2.05) is 85.8 Å². The van der Waals surface area contributed by atoms with Gasteiger partial charge in [-0.3, -0.25) is 19.8 Å². The minimum atomic E-state index is -0.478. The molecule has 0 aromatic heterocycles. The van der Waals surface area contributed by atoms with Gasteiger partial charge in [0.05, 0.1) is 18.1 Å². The molecular formula is C28H24N2O4. The van der Waals surface area contributed by atoms with Crippen LogP contribution in [0.15, 0.2) is 103 Å². The zero-order valence-corrected chi connectivity index (χ0v) is 18.9. The molecule has 1 unspecified atom stereocenters. The molecule has 0 aliphatic carbocycles. The van der Waals surface area contributed by atoms with Gasteiger partial charge in [-0.2, -0.15) is 0 Å². The predicted molar refractivity (Wildman–Crippen MR) is 132 cm³/mol. The Bertz CT molecular complexity index is 1270. The number of hydrogen-bond acceptors (Lipinski definition) is 4. The average Bonchev–Trinajstić information content (AvgIpc) is 2.88. The summed E-state index contributed by atoms with van der Waals surface area (Å²) in [6.07, 6.45) is 0. The van der Waals surface area contributed by atoms with E-state index in [9.17, 15) is 14.9 Å². The van der Waals surface area contributed by atoms with Gasteiger partial charge < -0.3 is 4.74 Å². The van der Waals surface area contributed by atoms with E-state index >= 15 is 0 Å². The topological polar surface area (TPSA) is 72.7 Å². The smallest absolute Gasteiger partial charge is 0.269 e. The molecule has 0 spiro atoms. The van der Waals surface area contributed by atoms with Gasteiger partial charge in [0.15, 0.2) is 0 Å². The molecule has 0 N–H and O–H groups in total. The third-order valence-corrected chi connectivity index (χ3v) is 5.66. The number of amides is 1. The SMILES string of the molecule is COc1ccc(N(C(=O)c2ccc([N+](=O)[O-])cc2)C(c2ccccc2)c2ccc(C)cc2)cc1. The van der Waals surface area contributed by atoms with Crippen LogP contribution in [-0.4, -0.2) is 17.9 Å². The van der Waals surface area contributed by atoms with Gasteiger partial charge in [0.25, 0.3) is 11.6 Å². The van der Waals surface area contributed by atoms with Gasteiger partial charge >= 0.3 is 0 Å². The van der Waals surface area contributed by atoms with Gasteiger partial charge in [-0.05, 0) is 54.4 Å². The van der Waals surface area contributed by atoms with Crippen LogP contribution in [0.3, 0.4) is 0 Å². The monoisotopic (exact) mass is 452 g/mol. The Labute approximate surface area is 198 Å². The van der Waals surface area contributed by atoms with E-state index < -0.39 is 11.0 Å². The lowest BCUT2D eigenvalue weighted by molar-refractivity contribution is -0.384. The third-order valence-electron chi connectivity index (χ3n) is 5.66. The van der Waals surface area contributed by atoms with Crippen LogP contribution in [0.5, 0.6) is 5.75 Å². The third kappa shape index (κ3) is 4.81. The molecular weight excluding hydrogens is 428 g/mol. The lowest BCUT2D eigenvalue weighted by Crippen LogP contribution is -2.35. The predicted octanol–water partition coefficient (Wildman–Crippen LogP) is 6.35. The number of nitro benzene ring substituents is 1. The standard InChI is InChI=1S/C28H24N2O4/c1-20-8-10-22(11-9-20)27(21-6-4-3-5-7-21)29(24-16-18-26(34-2)19-17-24)28(31)23-12-14-25(15-13-23)30(32)33/h3-19,27H,1-2H3. The first-order valence-corrected chi connectivity index (χ1v) is 10.8. The van der Waals surface area contributed by atoms with Crippen molar-refractivity contribution < 1.29 is 14.5 Å². The van der Waals surface area contributed by atoms with Crippen molar-refractivity contribution in [2.75, 3.05) is 12.0 Å². The summed E-state index contributed by atoms with van der Waals surface area (Å²) in [6, 6.07) is 30.5. The molecule has 170 valence electrons. The molecule has 1 amide bonds. The second-order valence-electron chi connectivity index (χ2n) is 7.90. The summed E-state index contributed by atoms with van der Waals surface area (Å²) < 4.78 is 5.31. The maximum absolute atomic E-state index is 14.0. The second kappa shape index (κ2) is 10.0. The van der Waals surface area contributed by atoms with Crippen LogP contribution in [0.1, 0.15) is 33.1 Å². The summed E-state index contributed by atoms with van der Waals surface area (Å²) in [7, 11) is 1.59. The molecule has 0 aliphatic heterocycles. The summed E-state index contributed by atoms with van der Waals surface area (Å²) in [5.74, 6) is 0.410. The quantitative estimate of drug-likeness (QED) is 0.242. The van der Waals surface area contributed by atoms with Gasteiger partial charge in [0.2, 0.25) is 0 Å². The maximum Gasteiger partial charge on any atom is 0.269 e. The highest BCUT2D eigenvalue weighted by atomic mass is 16.6. The van der Waals surface area contributed by atoms with E-state index in [-0.39, 0.29) is 11.6 Å². The van der Waals surface area contributed by atoms with Crippen molar-refractivity contribution in [3.05, 3.63) is 135 Å². The number of rotatable bonds is 7. The lowest BCUT2D eigenvalue weighted by Gasteiger charge is -2.33. The Morgan fingerprint density at radius 3 is 1.97 bits per heavy atom. The summed E-state index contributed by atoms with van der Waals surface area (Å²) in [5, 5.41) is 11.1. The number of carbonyl (C=O) groups is 1. The highest BCUT2D eigenvalue weighted by Crippen LogP contribution is 2.35. The van der Waals surface area contributed by atoms with Crippen molar-refractivity contribution in [1.82, 2.24) is 0 Å². The van der Waals surface area contributed by atoms with Crippen LogP contribution >= 0.6 is 0 Å². The molecule has 1 atom stereocenters. The van der Waals surface area contributed by atoms with E-state index in [0.29, 0.717) is 17.0 Å². The van der Waals surface area contributed by atoms with E-state index in [2.05, 4.69) is 0 Å². The summed E-state index contributed by atoms with van der Waals surface area (Å²) in [4.78, 5) is 26.3. The van der Waals surface area contributed by atoms with Crippen LogP contribution in [-0.2, 0) is 0 Å². The number of anilines is 1. The fourth-order valence-electron chi connectivity index (χ4n) is 3.87. The molecule has 0 fully saturated rings. The molecule has 0 saturated heterocycles. The van der Waals surface area contributed by atoms with Gasteiger partial charge in [0, 0.05) is 23.4 Å². The number of non-ortho nitro benzene ring substituents is 1. The molecule has 34 heavy (non-hydrogen) atoms. The molecule has 6 heteroatoms. The number of benzene rings is 4. The normalized spacial score (nSPS) is 11.5. The fourth-order valence-corrected chi connectivity index (χ4v) is 3.87. The second-order valence-corrected chi connectivity index (χ2v) is 7.90. The molecule has 4 rings (SSSR count). The van der Waals surface area contributed by atoms with Gasteiger partial charge in [-0.15, -0.1) is 0 Å². The number of ether oxygens (including phenoxy) is 1. The number of hydrogen-bond donors (Lipinski definition) is 0. The molecule has 4 aromatic carbocycles.